The lowest BCUT2D eigenvalue weighted by Crippen LogP contribution is -2.17. The molecule has 16 heavy (non-hydrogen) atoms. The zero-order chi connectivity index (χ0) is 12.2. The van der Waals surface area contributed by atoms with Crippen molar-refractivity contribution in [2.24, 2.45) is 0 Å². The fourth-order valence-electron chi connectivity index (χ4n) is 1.23. The summed E-state index contributed by atoms with van der Waals surface area (Å²) in [6.45, 7) is 7.12. The molecule has 0 unspecified atom stereocenters. The molecule has 1 aromatic rings. The Labute approximate surface area is 97.4 Å². The smallest absolute Gasteiger partial charge is 0.354 e. The zero-order valence-electron chi connectivity index (χ0n) is 10.2. The summed E-state index contributed by atoms with van der Waals surface area (Å²) in [4.78, 5) is 11.4. The first kappa shape index (κ1) is 12.6. The first-order chi connectivity index (χ1) is 7.44. The molecule has 86 valence electrons. The van der Waals surface area contributed by atoms with Gasteiger partial charge in [0.15, 0.2) is 0 Å². The highest BCUT2D eigenvalue weighted by Gasteiger charge is 2.10. The normalized spacial score (nSPS) is 10.5. The molecule has 0 saturated heterocycles. The van der Waals surface area contributed by atoms with Crippen molar-refractivity contribution in [2.45, 2.75) is 26.2 Å². The second-order valence-electron chi connectivity index (χ2n) is 4.56. The quantitative estimate of drug-likeness (QED) is 0.447. The number of hydrogen-bond donors (Lipinski definition) is 0. The fraction of sp³-hybridized carbons (Fsp3) is 0.417. The van der Waals surface area contributed by atoms with Crippen molar-refractivity contribution in [3.63, 3.8) is 0 Å². The van der Waals surface area contributed by atoms with Gasteiger partial charge in [-0.15, -0.1) is 5.54 Å². The van der Waals surface area contributed by atoms with E-state index in [9.17, 15) is 4.79 Å². The van der Waals surface area contributed by atoms with Gasteiger partial charge in [-0.2, -0.15) is 0 Å². The summed E-state index contributed by atoms with van der Waals surface area (Å²) in [6.07, 6.45) is 1.84. The fourth-order valence-corrected chi connectivity index (χ4v) is 1.84. The Morgan fingerprint density at radius 3 is 2.75 bits per heavy atom. The third kappa shape index (κ3) is 3.59. The van der Waals surface area contributed by atoms with Gasteiger partial charge in [0.1, 0.15) is 13.8 Å². The molecule has 1 aromatic heterocycles. The molecule has 1 heterocycles. The van der Waals surface area contributed by atoms with Crippen LogP contribution < -0.4 is 0 Å². The SMILES string of the molecule is COC(=O)c1cccn1CC#C[Si](C)(C)C. The Kier molecular flexibility index (Phi) is 3.97. The summed E-state index contributed by atoms with van der Waals surface area (Å²) in [7, 11) is 0.0482. The predicted octanol–water partition coefficient (Wildman–Crippen LogP) is 2.16. The van der Waals surface area contributed by atoms with Crippen LogP contribution in [-0.2, 0) is 11.3 Å². The van der Waals surface area contributed by atoms with Crippen molar-refractivity contribution >= 4 is 14.0 Å². The molecule has 0 fully saturated rings. The summed E-state index contributed by atoms with van der Waals surface area (Å²) >= 11 is 0. The number of hydrogen-bond acceptors (Lipinski definition) is 2. The predicted molar refractivity (Wildman–Crippen MR) is 66.9 cm³/mol. The van der Waals surface area contributed by atoms with Crippen LogP contribution in [0.5, 0.6) is 0 Å². The Bertz CT molecular complexity index is 432. The van der Waals surface area contributed by atoms with Crippen LogP contribution in [-0.4, -0.2) is 25.7 Å². The summed E-state index contributed by atoms with van der Waals surface area (Å²) in [5, 5.41) is 0. The summed E-state index contributed by atoms with van der Waals surface area (Å²) < 4.78 is 6.49. The van der Waals surface area contributed by atoms with Crippen LogP contribution in [0.4, 0.5) is 0 Å². The number of nitrogens with zero attached hydrogens (tertiary/aromatic N) is 1. The largest absolute Gasteiger partial charge is 0.464 e. The number of carbonyl (C=O) groups excluding carboxylic acids is 1. The van der Waals surface area contributed by atoms with Crippen LogP contribution in [0.25, 0.3) is 0 Å². The highest BCUT2D eigenvalue weighted by Crippen LogP contribution is 2.04. The van der Waals surface area contributed by atoms with E-state index in [2.05, 4.69) is 35.8 Å². The molecule has 0 aliphatic rings. The van der Waals surface area contributed by atoms with E-state index < -0.39 is 8.07 Å². The van der Waals surface area contributed by atoms with E-state index >= 15 is 0 Å². The van der Waals surface area contributed by atoms with Gasteiger partial charge >= 0.3 is 5.97 Å². The molecule has 0 saturated carbocycles. The van der Waals surface area contributed by atoms with Crippen LogP contribution in [0.2, 0.25) is 19.6 Å². The Morgan fingerprint density at radius 1 is 1.50 bits per heavy atom. The molecular weight excluding hydrogens is 218 g/mol. The highest BCUT2D eigenvalue weighted by atomic mass is 28.3. The van der Waals surface area contributed by atoms with Gasteiger partial charge < -0.3 is 9.30 Å². The third-order valence-electron chi connectivity index (χ3n) is 1.94. The molecule has 0 amide bonds. The van der Waals surface area contributed by atoms with Gasteiger partial charge in [-0.1, -0.05) is 25.6 Å². The maximum atomic E-state index is 11.4. The molecule has 0 radical (unpaired) electrons. The van der Waals surface area contributed by atoms with Crippen LogP contribution in [0.15, 0.2) is 18.3 Å². The summed E-state index contributed by atoms with van der Waals surface area (Å²) in [5.74, 6) is 2.79. The topological polar surface area (TPSA) is 31.2 Å². The number of methoxy groups -OCH3 is 1. The number of esters is 1. The molecule has 0 aromatic carbocycles. The molecule has 3 nitrogen and oxygen atoms in total. The first-order valence-corrected chi connectivity index (χ1v) is 8.67. The van der Waals surface area contributed by atoms with E-state index in [0.717, 1.165) is 0 Å². The molecule has 0 bridgehead atoms. The molecule has 0 atom stereocenters. The highest BCUT2D eigenvalue weighted by molar-refractivity contribution is 6.83. The van der Waals surface area contributed by atoms with Gasteiger partial charge in [0.25, 0.3) is 0 Å². The van der Waals surface area contributed by atoms with E-state index in [1.807, 2.05) is 12.3 Å². The van der Waals surface area contributed by atoms with Crippen molar-refractivity contribution in [1.82, 2.24) is 4.57 Å². The molecule has 0 aliphatic carbocycles. The van der Waals surface area contributed by atoms with Crippen LogP contribution >= 0.6 is 0 Å². The van der Waals surface area contributed by atoms with E-state index in [0.29, 0.717) is 12.2 Å². The van der Waals surface area contributed by atoms with E-state index in [4.69, 9.17) is 0 Å². The standard InChI is InChI=1S/C12H17NO2Si/c1-15-12(14)11-7-5-8-13(11)9-6-10-16(2,3)4/h5,7-8H,9H2,1-4H3. The molecule has 0 aliphatic heterocycles. The number of ether oxygens (including phenoxy) is 1. The third-order valence-corrected chi connectivity index (χ3v) is 2.86. The van der Waals surface area contributed by atoms with E-state index in [1.54, 1.807) is 10.6 Å². The maximum absolute atomic E-state index is 11.4. The van der Waals surface area contributed by atoms with E-state index in [-0.39, 0.29) is 5.97 Å². The number of carbonyl (C=O) groups is 1. The Hall–Kier alpha value is -1.47. The van der Waals surface area contributed by atoms with Crippen LogP contribution in [0.3, 0.4) is 0 Å². The average molecular weight is 235 g/mol. The number of aromatic nitrogens is 1. The van der Waals surface area contributed by atoms with Gasteiger partial charge in [-0.25, -0.2) is 4.79 Å². The zero-order valence-corrected chi connectivity index (χ0v) is 11.2. The Morgan fingerprint density at radius 2 is 2.19 bits per heavy atom. The van der Waals surface area contributed by atoms with Crippen molar-refractivity contribution in [2.75, 3.05) is 7.11 Å². The summed E-state index contributed by atoms with van der Waals surface area (Å²) in [6, 6.07) is 3.56. The molecule has 0 N–H and O–H groups in total. The van der Waals surface area contributed by atoms with Gasteiger partial charge in [0.2, 0.25) is 0 Å². The van der Waals surface area contributed by atoms with Gasteiger partial charge in [-0.05, 0) is 12.1 Å². The Balaban J connectivity index is 2.78. The number of rotatable bonds is 2. The average Bonchev–Trinajstić information content (AvgIpc) is 2.63. The lowest BCUT2D eigenvalue weighted by molar-refractivity contribution is 0.0589. The maximum Gasteiger partial charge on any atom is 0.354 e. The first-order valence-electron chi connectivity index (χ1n) is 5.17. The molecule has 0 spiro atoms. The lowest BCUT2D eigenvalue weighted by Gasteiger charge is -2.05. The minimum absolute atomic E-state index is 0.320. The van der Waals surface area contributed by atoms with Crippen LogP contribution in [0, 0.1) is 11.5 Å². The molecule has 1 rings (SSSR count). The van der Waals surface area contributed by atoms with Crippen molar-refractivity contribution in [3.05, 3.63) is 24.0 Å². The van der Waals surface area contributed by atoms with E-state index in [1.165, 1.54) is 7.11 Å². The van der Waals surface area contributed by atoms with Crippen LogP contribution in [0.1, 0.15) is 10.5 Å². The van der Waals surface area contributed by atoms with Gasteiger partial charge in [-0.3, -0.25) is 0 Å². The molecular formula is C12H17NO2Si. The summed E-state index contributed by atoms with van der Waals surface area (Å²) in [5.41, 5.74) is 3.81. The van der Waals surface area contributed by atoms with Crippen molar-refractivity contribution in [3.8, 4) is 11.5 Å². The minimum Gasteiger partial charge on any atom is -0.464 e. The second kappa shape index (κ2) is 5.04. The monoisotopic (exact) mass is 235 g/mol. The van der Waals surface area contributed by atoms with Gasteiger partial charge in [0, 0.05) is 6.20 Å². The second-order valence-corrected chi connectivity index (χ2v) is 9.31. The minimum atomic E-state index is -1.33. The van der Waals surface area contributed by atoms with Crippen molar-refractivity contribution in [1.29, 1.82) is 0 Å². The molecule has 4 heteroatoms. The van der Waals surface area contributed by atoms with Crippen molar-refractivity contribution < 1.29 is 9.53 Å². The van der Waals surface area contributed by atoms with Gasteiger partial charge in [0.05, 0.1) is 13.7 Å². The lowest BCUT2D eigenvalue weighted by atomic mass is 10.4.